The second kappa shape index (κ2) is 7.04. The minimum absolute atomic E-state index is 0.0430. The summed E-state index contributed by atoms with van der Waals surface area (Å²) in [5.74, 6) is -0.296. The first kappa shape index (κ1) is 14.5. The van der Waals surface area contributed by atoms with Gasteiger partial charge in [0.15, 0.2) is 5.84 Å². The van der Waals surface area contributed by atoms with E-state index in [4.69, 9.17) is 10.9 Å². The molecule has 1 amide bonds. The van der Waals surface area contributed by atoms with E-state index in [2.05, 4.69) is 15.5 Å². The fourth-order valence-corrected chi connectivity index (χ4v) is 1.79. The van der Waals surface area contributed by atoms with E-state index >= 15 is 0 Å². The molecule has 6 nitrogen and oxygen atoms in total. The summed E-state index contributed by atoms with van der Waals surface area (Å²) in [5.41, 5.74) is 7.33. The molecule has 6 heteroatoms. The molecule has 0 aliphatic heterocycles. The first-order valence-electron chi connectivity index (χ1n) is 6.47. The van der Waals surface area contributed by atoms with E-state index in [0.717, 1.165) is 12.0 Å². The molecule has 2 aromatic rings. The van der Waals surface area contributed by atoms with E-state index in [1.807, 2.05) is 30.3 Å². The van der Waals surface area contributed by atoms with Gasteiger partial charge in [0.1, 0.15) is 5.69 Å². The highest BCUT2D eigenvalue weighted by Gasteiger charge is 2.07. The van der Waals surface area contributed by atoms with Crippen LogP contribution in [0.2, 0.25) is 0 Å². The first-order chi connectivity index (χ1) is 10.2. The number of aromatic nitrogens is 1. The first-order valence-corrected chi connectivity index (χ1v) is 6.47. The average Bonchev–Trinajstić information content (AvgIpc) is 2.55. The van der Waals surface area contributed by atoms with Crippen LogP contribution in [-0.2, 0) is 6.42 Å². The second-order valence-electron chi connectivity index (χ2n) is 4.41. The summed E-state index contributed by atoms with van der Waals surface area (Å²) in [6.07, 6.45) is 2.15. The minimum Gasteiger partial charge on any atom is -0.409 e. The van der Waals surface area contributed by atoms with Crippen LogP contribution in [0.15, 0.2) is 53.8 Å². The molecule has 0 bridgehead atoms. The van der Waals surface area contributed by atoms with Crippen molar-refractivity contribution in [2.45, 2.75) is 6.42 Å². The average molecular weight is 284 g/mol. The Kier molecular flexibility index (Phi) is 4.87. The van der Waals surface area contributed by atoms with Gasteiger partial charge in [-0.15, -0.1) is 0 Å². The maximum absolute atomic E-state index is 11.9. The lowest BCUT2D eigenvalue weighted by molar-refractivity contribution is 0.0949. The van der Waals surface area contributed by atoms with Gasteiger partial charge in [-0.25, -0.2) is 0 Å². The van der Waals surface area contributed by atoms with Gasteiger partial charge in [0.25, 0.3) is 5.91 Å². The van der Waals surface area contributed by atoms with Gasteiger partial charge in [0.2, 0.25) is 0 Å². The van der Waals surface area contributed by atoms with E-state index in [-0.39, 0.29) is 17.4 Å². The molecule has 0 spiro atoms. The molecule has 0 aliphatic carbocycles. The Morgan fingerprint density at radius 3 is 2.62 bits per heavy atom. The zero-order chi connectivity index (χ0) is 15.1. The molecule has 108 valence electrons. The van der Waals surface area contributed by atoms with Crippen molar-refractivity contribution >= 4 is 11.7 Å². The van der Waals surface area contributed by atoms with Crippen molar-refractivity contribution in [2.24, 2.45) is 10.9 Å². The van der Waals surface area contributed by atoms with Crippen molar-refractivity contribution < 1.29 is 10.0 Å². The molecule has 2 rings (SSSR count). The van der Waals surface area contributed by atoms with E-state index in [1.54, 1.807) is 6.07 Å². The van der Waals surface area contributed by atoms with E-state index in [9.17, 15) is 4.79 Å². The van der Waals surface area contributed by atoms with Crippen molar-refractivity contribution in [1.82, 2.24) is 10.3 Å². The molecule has 0 aliphatic rings. The van der Waals surface area contributed by atoms with Gasteiger partial charge >= 0.3 is 0 Å². The van der Waals surface area contributed by atoms with Crippen molar-refractivity contribution in [3.05, 3.63) is 65.5 Å². The predicted molar refractivity (Wildman–Crippen MR) is 79.2 cm³/mol. The Hall–Kier alpha value is -2.89. The molecule has 0 saturated heterocycles. The lowest BCUT2D eigenvalue weighted by atomic mass is 10.1. The lowest BCUT2D eigenvalue weighted by Gasteiger charge is -2.05. The highest BCUT2D eigenvalue weighted by Crippen LogP contribution is 2.01. The number of pyridine rings is 1. The summed E-state index contributed by atoms with van der Waals surface area (Å²) in [6, 6.07) is 13.0. The summed E-state index contributed by atoms with van der Waals surface area (Å²) in [7, 11) is 0. The second-order valence-corrected chi connectivity index (χ2v) is 4.41. The van der Waals surface area contributed by atoms with Crippen LogP contribution in [0.5, 0.6) is 0 Å². The molecule has 1 aromatic carbocycles. The third-order valence-corrected chi connectivity index (χ3v) is 2.94. The molecule has 0 unspecified atom stereocenters. The molecular formula is C15H16N4O2. The van der Waals surface area contributed by atoms with Crippen LogP contribution in [0.4, 0.5) is 0 Å². The molecule has 1 aromatic heterocycles. The summed E-state index contributed by atoms with van der Waals surface area (Å²) >= 11 is 0. The fraction of sp³-hybridized carbons (Fsp3) is 0.133. The SMILES string of the molecule is NC(=NO)c1ccc(C(=O)NCCc2ccccc2)nc1. The number of rotatable bonds is 5. The molecule has 0 fully saturated rings. The highest BCUT2D eigenvalue weighted by atomic mass is 16.4. The number of hydrogen-bond acceptors (Lipinski definition) is 4. The van der Waals surface area contributed by atoms with Crippen LogP contribution in [0.25, 0.3) is 0 Å². The monoisotopic (exact) mass is 284 g/mol. The molecule has 4 N–H and O–H groups in total. The third kappa shape index (κ3) is 4.04. The molecular weight excluding hydrogens is 268 g/mol. The quantitative estimate of drug-likeness (QED) is 0.332. The van der Waals surface area contributed by atoms with Gasteiger partial charge in [-0.2, -0.15) is 0 Å². The van der Waals surface area contributed by atoms with Crippen LogP contribution >= 0.6 is 0 Å². The molecule has 0 atom stereocenters. The van der Waals surface area contributed by atoms with Gasteiger partial charge in [-0.1, -0.05) is 35.5 Å². The number of nitrogens with one attached hydrogen (secondary N) is 1. The van der Waals surface area contributed by atoms with Crippen molar-refractivity contribution in [1.29, 1.82) is 0 Å². The topological polar surface area (TPSA) is 101 Å². The molecule has 21 heavy (non-hydrogen) atoms. The predicted octanol–water partition coefficient (Wildman–Crippen LogP) is 1.15. The number of hydrogen-bond donors (Lipinski definition) is 3. The number of carbonyl (C=O) groups is 1. The normalized spacial score (nSPS) is 11.1. The summed E-state index contributed by atoms with van der Waals surface area (Å²) in [6.45, 7) is 0.534. The van der Waals surface area contributed by atoms with Crippen LogP contribution in [-0.4, -0.2) is 28.5 Å². The fourth-order valence-electron chi connectivity index (χ4n) is 1.79. The Balaban J connectivity index is 1.89. The van der Waals surface area contributed by atoms with Gasteiger partial charge in [-0.3, -0.25) is 9.78 Å². The van der Waals surface area contributed by atoms with Crippen LogP contribution < -0.4 is 11.1 Å². The van der Waals surface area contributed by atoms with Gasteiger partial charge < -0.3 is 16.3 Å². The van der Waals surface area contributed by atoms with Crippen molar-refractivity contribution in [3.63, 3.8) is 0 Å². The van der Waals surface area contributed by atoms with Crippen LogP contribution in [0, 0.1) is 0 Å². The maximum Gasteiger partial charge on any atom is 0.269 e. The Morgan fingerprint density at radius 1 is 1.24 bits per heavy atom. The lowest BCUT2D eigenvalue weighted by Crippen LogP contribution is -2.26. The number of carbonyl (C=O) groups excluding carboxylic acids is 1. The number of amidine groups is 1. The molecule has 0 radical (unpaired) electrons. The third-order valence-electron chi connectivity index (χ3n) is 2.94. The van der Waals surface area contributed by atoms with Gasteiger partial charge in [0, 0.05) is 18.3 Å². The largest absolute Gasteiger partial charge is 0.409 e. The summed E-state index contributed by atoms with van der Waals surface area (Å²) in [5, 5.41) is 14.2. The van der Waals surface area contributed by atoms with E-state index in [0.29, 0.717) is 12.1 Å². The number of nitrogens with two attached hydrogens (primary N) is 1. The minimum atomic E-state index is -0.253. The van der Waals surface area contributed by atoms with E-state index < -0.39 is 0 Å². The maximum atomic E-state index is 11.9. The number of oxime groups is 1. The van der Waals surface area contributed by atoms with Gasteiger partial charge in [0.05, 0.1) is 0 Å². The Morgan fingerprint density at radius 2 is 2.00 bits per heavy atom. The smallest absolute Gasteiger partial charge is 0.269 e. The summed E-state index contributed by atoms with van der Waals surface area (Å²) < 4.78 is 0. The van der Waals surface area contributed by atoms with E-state index in [1.165, 1.54) is 12.3 Å². The Bertz CT molecular complexity index is 624. The van der Waals surface area contributed by atoms with Crippen LogP contribution in [0.3, 0.4) is 0 Å². The number of benzene rings is 1. The highest BCUT2D eigenvalue weighted by molar-refractivity contribution is 5.98. The number of nitrogens with zero attached hydrogens (tertiary/aromatic N) is 2. The molecule has 0 saturated carbocycles. The zero-order valence-electron chi connectivity index (χ0n) is 11.4. The van der Waals surface area contributed by atoms with Crippen molar-refractivity contribution in [3.8, 4) is 0 Å². The number of amides is 1. The standard InChI is InChI=1S/C15H16N4O2/c16-14(19-21)12-6-7-13(18-10-12)15(20)17-9-8-11-4-2-1-3-5-11/h1-7,10,21H,8-9H2,(H2,16,19)(H,17,20). The zero-order valence-corrected chi connectivity index (χ0v) is 11.4. The van der Waals surface area contributed by atoms with Crippen LogP contribution in [0.1, 0.15) is 21.6 Å². The summed E-state index contributed by atoms with van der Waals surface area (Å²) in [4.78, 5) is 15.9. The van der Waals surface area contributed by atoms with Gasteiger partial charge in [-0.05, 0) is 24.1 Å². The Labute approximate surface area is 122 Å². The molecule has 1 heterocycles. The van der Waals surface area contributed by atoms with Crippen molar-refractivity contribution in [2.75, 3.05) is 6.54 Å².